The lowest BCUT2D eigenvalue weighted by Crippen LogP contribution is -2.51. The molecule has 5 N–H and O–H groups in total. The van der Waals surface area contributed by atoms with Crippen molar-refractivity contribution in [2.45, 2.75) is 32.9 Å². The Balaban J connectivity index is 2.35. The van der Waals surface area contributed by atoms with Crippen molar-refractivity contribution >= 4 is 17.9 Å². The van der Waals surface area contributed by atoms with E-state index in [4.69, 9.17) is 10.6 Å². The van der Waals surface area contributed by atoms with Crippen LogP contribution in [0.15, 0.2) is 30.3 Å². The summed E-state index contributed by atoms with van der Waals surface area (Å²) in [5, 5.41) is 4.86. The highest BCUT2D eigenvalue weighted by Gasteiger charge is 2.21. The van der Waals surface area contributed by atoms with Crippen LogP contribution in [0.2, 0.25) is 0 Å². The molecule has 0 aliphatic carbocycles. The number of hydrogen-bond donors (Lipinski definition) is 4. The second-order valence-corrected chi connectivity index (χ2v) is 5.67. The van der Waals surface area contributed by atoms with Crippen molar-refractivity contribution < 1.29 is 19.1 Å². The van der Waals surface area contributed by atoms with Crippen molar-refractivity contribution in [2.75, 3.05) is 6.54 Å². The minimum Gasteiger partial charge on any atom is -0.445 e. The van der Waals surface area contributed by atoms with Gasteiger partial charge >= 0.3 is 6.09 Å². The van der Waals surface area contributed by atoms with E-state index in [1.165, 1.54) is 0 Å². The van der Waals surface area contributed by atoms with Gasteiger partial charge in [-0.05, 0) is 17.9 Å². The third kappa shape index (κ3) is 7.59. The van der Waals surface area contributed by atoms with Gasteiger partial charge in [-0.25, -0.2) is 10.6 Å². The standard InChI is InChI=1S/C16H24N4O4/c1-11(2)8-13(15(22)20-17)19-14(21)9-18-16(23)24-10-12-6-4-3-5-7-12/h3-7,11,13H,8-10,17H2,1-2H3,(H,18,23)(H,19,21)(H,20,22)/t13-/m1/s1. The molecule has 0 heterocycles. The Kier molecular flexibility index (Phi) is 8.28. The molecule has 0 unspecified atom stereocenters. The molecule has 1 aromatic rings. The van der Waals surface area contributed by atoms with Gasteiger partial charge in [0.05, 0.1) is 0 Å². The highest BCUT2D eigenvalue weighted by Crippen LogP contribution is 2.04. The molecular weight excluding hydrogens is 312 g/mol. The first kappa shape index (κ1) is 19.4. The summed E-state index contributed by atoms with van der Waals surface area (Å²) in [6.45, 7) is 3.66. The molecule has 1 aromatic carbocycles. The van der Waals surface area contributed by atoms with E-state index < -0.39 is 23.9 Å². The van der Waals surface area contributed by atoms with Crippen LogP contribution < -0.4 is 21.9 Å². The molecule has 3 amide bonds. The molecule has 8 heteroatoms. The summed E-state index contributed by atoms with van der Waals surface area (Å²) in [6, 6.07) is 8.43. The maximum absolute atomic E-state index is 11.8. The largest absolute Gasteiger partial charge is 0.445 e. The third-order valence-corrected chi connectivity index (χ3v) is 3.11. The fraction of sp³-hybridized carbons (Fsp3) is 0.438. The van der Waals surface area contributed by atoms with E-state index in [9.17, 15) is 14.4 Å². The molecule has 0 saturated heterocycles. The van der Waals surface area contributed by atoms with E-state index in [0.29, 0.717) is 6.42 Å². The number of carbonyl (C=O) groups excluding carboxylic acids is 3. The number of alkyl carbamates (subject to hydrolysis) is 1. The van der Waals surface area contributed by atoms with E-state index in [-0.39, 0.29) is 19.1 Å². The van der Waals surface area contributed by atoms with Gasteiger partial charge in [0.15, 0.2) is 0 Å². The number of benzene rings is 1. The first-order chi connectivity index (χ1) is 11.4. The van der Waals surface area contributed by atoms with Gasteiger partial charge in [-0.15, -0.1) is 0 Å². The van der Waals surface area contributed by atoms with Crippen LogP contribution in [0.25, 0.3) is 0 Å². The maximum Gasteiger partial charge on any atom is 0.407 e. The zero-order valence-corrected chi connectivity index (χ0v) is 13.9. The van der Waals surface area contributed by atoms with Crippen molar-refractivity contribution in [3.8, 4) is 0 Å². The minimum atomic E-state index is -0.746. The Hall–Kier alpha value is -2.61. The minimum absolute atomic E-state index is 0.111. The van der Waals surface area contributed by atoms with Crippen molar-refractivity contribution in [1.29, 1.82) is 0 Å². The molecule has 0 radical (unpaired) electrons. The molecule has 0 saturated carbocycles. The number of carbonyl (C=O) groups is 3. The summed E-state index contributed by atoms with van der Waals surface area (Å²) in [6.07, 6.45) is -0.273. The van der Waals surface area contributed by atoms with E-state index in [2.05, 4.69) is 10.6 Å². The molecule has 8 nitrogen and oxygen atoms in total. The molecule has 0 bridgehead atoms. The summed E-state index contributed by atoms with van der Waals surface area (Å²) in [5.41, 5.74) is 2.85. The van der Waals surface area contributed by atoms with Crippen LogP contribution in [0.1, 0.15) is 25.8 Å². The zero-order chi connectivity index (χ0) is 17.9. The van der Waals surface area contributed by atoms with Crippen LogP contribution >= 0.6 is 0 Å². The first-order valence-corrected chi connectivity index (χ1v) is 7.66. The number of nitrogens with one attached hydrogen (secondary N) is 3. The number of amides is 3. The molecule has 1 atom stereocenters. The summed E-state index contributed by atoms with van der Waals surface area (Å²) < 4.78 is 4.99. The topological polar surface area (TPSA) is 123 Å². The van der Waals surface area contributed by atoms with Crippen LogP contribution in [0.3, 0.4) is 0 Å². The van der Waals surface area contributed by atoms with Gasteiger partial charge in [-0.1, -0.05) is 44.2 Å². The molecule has 132 valence electrons. The lowest BCUT2D eigenvalue weighted by atomic mass is 10.0. The molecule has 0 fully saturated rings. The Morgan fingerprint density at radius 1 is 1.17 bits per heavy atom. The lowest BCUT2D eigenvalue weighted by molar-refractivity contribution is -0.129. The van der Waals surface area contributed by atoms with E-state index >= 15 is 0 Å². The summed E-state index contributed by atoms with van der Waals surface area (Å²) in [5.74, 6) is 4.31. The third-order valence-electron chi connectivity index (χ3n) is 3.11. The van der Waals surface area contributed by atoms with Crippen molar-refractivity contribution in [3.05, 3.63) is 35.9 Å². The predicted octanol–water partition coefficient (Wildman–Crippen LogP) is 0.434. The molecule has 0 aliphatic rings. The van der Waals surface area contributed by atoms with Gasteiger partial charge in [0, 0.05) is 0 Å². The van der Waals surface area contributed by atoms with Crippen LogP contribution in [-0.4, -0.2) is 30.5 Å². The monoisotopic (exact) mass is 336 g/mol. The van der Waals surface area contributed by atoms with Crippen LogP contribution in [0, 0.1) is 5.92 Å². The highest BCUT2D eigenvalue weighted by molar-refractivity contribution is 5.89. The van der Waals surface area contributed by atoms with Crippen LogP contribution in [0.5, 0.6) is 0 Å². The molecule has 0 spiro atoms. The molecule has 1 rings (SSSR count). The quantitative estimate of drug-likeness (QED) is 0.311. The molecular formula is C16H24N4O4. The highest BCUT2D eigenvalue weighted by atomic mass is 16.5. The van der Waals surface area contributed by atoms with Gasteiger partial charge in [-0.2, -0.15) is 0 Å². The Bertz CT molecular complexity index is 548. The van der Waals surface area contributed by atoms with E-state index in [0.717, 1.165) is 5.56 Å². The zero-order valence-electron chi connectivity index (χ0n) is 13.9. The predicted molar refractivity (Wildman–Crippen MR) is 88.3 cm³/mol. The summed E-state index contributed by atoms with van der Waals surface area (Å²) in [4.78, 5) is 35.0. The van der Waals surface area contributed by atoms with Gasteiger partial charge < -0.3 is 15.4 Å². The van der Waals surface area contributed by atoms with E-state index in [1.807, 2.05) is 49.6 Å². The SMILES string of the molecule is CC(C)C[C@@H](NC(=O)CNC(=O)OCc1ccccc1)C(=O)NN. The average molecular weight is 336 g/mol. The number of hydrazine groups is 1. The lowest BCUT2D eigenvalue weighted by Gasteiger charge is -2.19. The summed E-state index contributed by atoms with van der Waals surface area (Å²) >= 11 is 0. The van der Waals surface area contributed by atoms with Crippen molar-refractivity contribution in [2.24, 2.45) is 11.8 Å². The number of nitrogens with two attached hydrogens (primary N) is 1. The van der Waals surface area contributed by atoms with Crippen LogP contribution in [-0.2, 0) is 20.9 Å². The van der Waals surface area contributed by atoms with E-state index in [1.54, 1.807) is 0 Å². The van der Waals surface area contributed by atoms with Gasteiger partial charge in [0.2, 0.25) is 5.91 Å². The maximum atomic E-state index is 11.8. The molecule has 0 aromatic heterocycles. The average Bonchev–Trinajstić information content (AvgIpc) is 2.57. The Morgan fingerprint density at radius 2 is 1.83 bits per heavy atom. The number of ether oxygens (including phenoxy) is 1. The number of hydrogen-bond acceptors (Lipinski definition) is 5. The van der Waals surface area contributed by atoms with Gasteiger partial charge in [-0.3, -0.25) is 15.0 Å². The Labute approximate surface area is 141 Å². The second-order valence-electron chi connectivity index (χ2n) is 5.67. The first-order valence-electron chi connectivity index (χ1n) is 7.66. The smallest absolute Gasteiger partial charge is 0.407 e. The second kappa shape index (κ2) is 10.2. The fourth-order valence-electron chi connectivity index (χ4n) is 1.98. The van der Waals surface area contributed by atoms with Gasteiger partial charge in [0.25, 0.3) is 5.91 Å². The fourth-order valence-corrected chi connectivity index (χ4v) is 1.98. The Morgan fingerprint density at radius 3 is 2.42 bits per heavy atom. The summed E-state index contributed by atoms with van der Waals surface area (Å²) in [7, 11) is 0. The van der Waals surface area contributed by atoms with Gasteiger partial charge in [0.1, 0.15) is 19.2 Å². The van der Waals surface area contributed by atoms with Crippen molar-refractivity contribution in [3.63, 3.8) is 0 Å². The van der Waals surface area contributed by atoms with Crippen molar-refractivity contribution in [1.82, 2.24) is 16.1 Å². The normalized spacial score (nSPS) is 11.5. The number of rotatable bonds is 8. The molecule has 0 aliphatic heterocycles. The molecule has 24 heavy (non-hydrogen) atoms. The van der Waals surface area contributed by atoms with Crippen LogP contribution in [0.4, 0.5) is 4.79 Å².